The topological polar surface area (TPSA) is 115 Å². The Kier molecular flexibility index (Phi) is 4.46. The zero-order valence-electron chi connectivity index (χ0n) is 10.4. The smallest absolute Gasteiger partial charge is 0.258 e. The van der Waals surface area contributed by atoms with E-state index in [0.29, 0.717) is 5.56 Å². The van der Waals surface area contributed by atoms with Crippen LogP contribution in [0.15, 0.2) is 41.6 Å². The van der Waals surface area contributed by atoms with E-state index in [1.165, 1.54) is 18.2 Å². The second kappa shape index (κ2) is 6.12. The minimum Gasteiger partial charge on any atom is -0.258 e. The number of hydrogen-bond donors (Lipinski definition) is 1. The zero-order chi connectivity index (χ0) is 15.5. The summed E-state index contributed by atoms with van der Waals surface area (Å²) in [5.74, 6) is 0. The largest absolute Gasteiger partial charge is 0.269 e. The number of nitrogens with zero attached hydrogens (tertiary/aromatic N) is 3. The van der Waals surface area contributed by atoms with E-state index in [-0.39, 0.29) is 22.4 Å². The summed E-state index contributed by atoms with van der Waals surface area (Å²) in [6.45, 7) is -0.0906. The van der Waals surface area contributed by atoms with Gasteiger partial charge in [0.05, 0.1) is 17.3 Å². The third kappa shape index (κ3) is 3.94. The van der Waals surface area contributed by atoms with Crippen molar-refractivity contribution in [3.63, 3.8) is 0 Å². The van der Waals surface area contributed by atoms with Gasteiger partial charge in [-0.3, -0.25) is 10.1 Å². The van der Waals surface area contributed by atoms with Crippen molar-refractivity contribution >= 4 is 27.3 Å². The molecule has 8 nitrogen and oxygen atoms in total. The van der Waals surface area contributed by atoms with Gasteiger partial charge in [-0.15, -0.1) is 0 Å². The van der Waals surface area contributed by atoms with Crippen LogP contribution in [0, 0.1) is 10.1 Å². The summed E-state index contributed by atoms with van der Waals surface area (Å²) < 4.78 is 26.2. The first kappa shape index (κ1) is 15.3. The van der Waals surface area contributed by atoms with Gasteiger partial charge in [-0.25, -0.2) is 23.1 Å². The van der Waals surface area contributed by atoms with Crippen molar-refractivity contribution in [1.82, 2.24) is 14.7 Å². The lowest BCUT2D eigenvalue weighted by atomic mass is 10.2. The Morgan fingerprint density at radius 1 is 1.29 bits per heavy atom. The van der Waals surface area contributed by atoms with E-state index in [0.717, 1.165) is 12.4 Å². The number of nitrogens with one attached hydrogen (secondary N) is 1. The van der Waals surface area contributed by atoms with Gasteiger partial charge in [-0.2, -0.15) is 0 Å². The lowest BCUT2D eigenvalue weighted by Crippen LogP contribution is -2.23. The first-order valence-corrected chi connectivity index (χ1v) is 7.45. The van der Waals surface area contributed by atoms with Gasteiger partial charge < -0.3 is 0 Å². The van der Waals surface area contributed by atoms with Gasteiger partial charge in [0, 0.05) is 18.7 Å². The molecule has 2 aromatic rings. The molecule has 0 spiro atoms. The maximum Gasteiger partial charge on any atom is 0.269 e. The summed E-state index contributed by atoms with van der Waals surface area (Å²) in [5.41, 5.74) is 0.351. The van der Waals surface area contributed by atoms with Gasteiger partial charge in [-0.1, -0.05) is 12.1 Å². The normalized spacial score (nSPS) is 11.3. The Morgan fingerprint density at radius 3 is 2.57 bits per heavy atom. The molecule has 110 valence electrons. The Labute approximate surface area is 125 Å². The van der Waals surface area contributed by atoms with E-state index in [9.17, 15) is 18.5 Å². The molecule has 0 saturated carbocycles. The third-order valence-corrected chi connectivity index (χ3v) is 4.05. The maximum absolute atomic E-state index is 12.0. The standard InChI is InChI=1S/C11H9ClN4O4S/c12-11-13-6-10(7-14-11)21(19,20)15-5-8-2-1-3-9(4-8)16(17)18/h1-4,6-7,15H,5H2. The molecule has 0 unspecified atom stereocenters. The SMILES string of the molecule is O=[N+]([O-])c1cccc(CNS(=O)(=O)c2cnc(Cl)nc2)c1. The van der Waals surface area contributed by atoms with Crippen LogP contribution in [0.25, 0.3) is 0 Å². The molecule has 0 aliphatic rings. The summed E-state index contributed by atoms with van der Waals surface area (Å²) in [4.78, 5) is 17.1. The van der Waals surface area contributed by atoms with Gasteiger partial charge in [0.2, 0.25) is 15.3 Å². The number of hydrogen-bond acceptors (Lipinski definition) is 6. The van der Waals surface area contributed by atoms with Crippen molar-refractivity contribution in [2.75, 3.05) is 0 Å². The van der Waals surface area contributed by atoms with Crippen molar-refractivity contribution < 1.29 is 13.3 Å². The van der Waals surface area contributed by atoms with Crippen molar-refractivity contribution in [2.24, 2.45) is 0 Å². The van der Waals surface area contributed by atoms with Crippen LogP contribution in [-0.2, 0) is 16.6 Å². The summed E-state index contributed by atoms with van der Waals surface area (Å²) in [7, 11) is -3.81. The fourth-order valence-corrected chi connectivity index (χ4v) is 2.48. The first-order chi connectivity index (χ1) is 9.88. The minimum atomic E-state index is -3.81. The highest BCUT2D eigenvalue weighted by atomic mass is 35.5. The van der Waals surface area contributed by atoms with Crippen LogP contribution in [0.4, 0.5) is 5.69 Å². The van der Waals surface area contributed by atoms with Crippen LogP contribution in [0.5, 0.6) is 0 Å². The number of halogens is 1. The predicted molar refractivity (Wildman–Crippen MR) is 74.2 cm³/mol. The molecule has 0 aliphatic heterocycles. The summed E-state index contributed by atoms with van der Waals surface area (Å²) in [6, 6.07) is 5.67. The molecule has 21 heavy (non-hydrogen) atoms. The van der Waals surface area contributed by atoms with E-state index in [2.05, 4.69) is 14.7 Å². The molecule has 0 radical (unpaired) electrons. The lowest BCUT2D eigenvalue weighted by molar-refractivity contribution is -0.384. The third-order valence-electron chi connectivity index (χ3n) is 2.49. The number of rotatable bonds is 5. The number of nitro benzene ring substituents is 1. The molecule has 0 bridgehead atoms. The van der Waals surface area contributed by atoms with Crippen molar-refractivity contribution in [2.45, 2.75) is 11.4 Å². The van der Waals surface area contributed by atoms with E-state index in [1.807, 2.05) is 0 Å². The molecular weight excluding hydrogens is 320 g/mol. The quantitative estimate of drug-likeness (QED) is 0.505. The number of non-ortho nitro benzene ring substituents is 1. The Bertz CT molecular complexity index is 764. The molecule has 2 rings (SSSR count). The van der Waals surface area contributed by atoms with E-state index < -0.39 is 14.9 Å². The molecule has 1 aromatic carbocycles. The Balaban J connectivity index is 2.13. The molecule has 1 aromatic heterocycles. The highest BCUT2D eigenvalue weighted by molar-refractivity contribution is 7.89. The van der Waals surface area contributed by atoms with Crippen LogP contribution >= 0.6 is 11.6 Å². The molecule has 0 fully saturated rings. The van der Waals surface area contributed by atoms with E-state index in [1.54, 1.807) is 6.07 Å². The van der Waals surface area contributed by atoms with Crippen molar-refractivity contribution in [3.8, 4) is 0 Å². The summed E-state index contributed by atoms with van der Waals surface area (Å²) >= 11 is 5.48. The Hall–Kier alpha value is -2.10. The van der Waals surface area contributed by atoms with Crippen LogP contribution < -0.4 is 4.72 Å². The molecular formula is C11H9ClN4O4S. The summed E-state index contributed by atoms with van der Waals surface area (Å²) in [6.07, 6.45) is 2.15. The van der Waals surface area contributed by atoms with Gasteiger partial charge in [-0.05, 0) is 17.2 Å². The monoisotopic (exact) mass is 328 g/mol. The lowest BCUT2D eigenvalue weighted by Gasteiger charge is -2.06. The molecule has 1 heterocycles. The van der Waals surface area contributed by atoms with E-state index in [4.69, 9.17) is 11.6 Å². The summed E-state index contributed by atoms with van der Waals surface area (Å²) in [5, 5.41) is 10.6. The molecule has 1 N–H and O–H groups in total. The van der Waals surface area contributed by atoms with Gasteiger partial charge >= 0.3 is 0 Å². The van der Waals surface area contributed by atoms with Gasteiger partial charge in [0.25, 0.3) is 5.69 Å². The van der Waals surface area contributed by atoms with E-state index >= 15 is 0 Å². The highest BCUT2D eigenvalue weighted by Gasteiger charge is 2.15. The highest BCUT2D eigenvalue weighted by Crippen LogP contribution is 2.14. The average Bonchev–Trinajstić information content (AvgIpc) is 2.46. The van der Waals surface area contributed by atoms with Gasteiger partial charge in [0.15, 0.2) is 0 Å². The fourth-order valence-electron chi connectivity index (χ4n) is 1.48. The van der Waals surface area contributed by atoms with Crippen LogP contribution in [0.3, 0.4) is 0 Å². The molecule has 0 saturated heterocycles. The number of sulfonamides is 1. The number of aromatic nitrogens is 2. The second-order valence-electron chi connectivity index (χ2n) is 3.94. The van der Waals surface area contributed by atoms with Crippen LogP contribution in [-0.4, -0.2) is 23.3 Å². The number of benzene rings is 1. The molecule has 10 heteroatoms. The van der Waals surface area contributed by atoms with Gasteiger partial charge in [0.1, 0.15) is 4.90 Å². The second-order valence-corrected chi connectivity index (χ2v) is 6.04. The van der Waals surface area contributed by atoms with Crippen LogP contribution in [0.1, 0.15) is 5.56 Å². The fraction of sp³-hybridized carbons (Fsp3) is 0.0909. The minimum absolute atomic E-state index is 0.0624. The van der Waals surface area contributed by atoms with Crippen molar-refractivity contribution in [1.29, 1.82) is 0 Å². The zero-order valence-corrected chi connectivity index (χ0v) is 12.0. The number of nitro groups is 1. The predicted octanol–water partition coefficient (Wildman–Crippen LogP) is 1.52. The van der Waals surface area contributed by atoms with Crippen LogP contribution in [0.2, 0.25) is 5.28 Å². The maximum atomic E-state index is 12.0. The Morgan fingerprint density at radius 2 is 1.95 bits per heavy atom. The molecule has 0 amide bonds. The van der Waals surface area contributed by atoms with Crippen molar-refractivity contribution in [3.05, 3.63) is 57.6 Å². The molecule has 0 aliphatic carbocycles. The first-order valence-electron chi connectivity index (χ1n) is 5.59. The molecule has 0 atom stereocenters. The average molecular weight is 329 g/mol.